The number of aryl methyl sites for hydroxylation is 1. The highest BCUT2D eigenvalue weighted by Gasteiger charge is 2.02. The van der Waals surface area contributed by atoms with Crippen molar-refractivity contribution in [2.24, 2.45) is 0 Å². The van der Waals surface area contributed by atoms with Crippen molar-refractivity contribution in [3.05, 3.63) is 41.7 Å². The molecule has 0 spiro atoms. The highest BCUT2D eigenvalue weighted by molar-refractivity contribution is 5.32. The second-order valence-corrected chi connectivity index (χ2v) is 3.99. The second kappa shape index (κ2) is 6.11. The van der Waals surface area contributed by atoms with Gasteiger partial charge in [-0.1, -0.05) is 0 Å². The minimum atomic E-state index is -0.341. The van der Waals surface area contributed by atoms with Crippen LogP contribution < -0.4 is 5.32 Å². The van der Waals surface area contributed by atoms with E-state index in [0.717, 1.165) is 25.2 Å². The lowest BCUT2D eigenvalue weighted by Crippen LogP contribution is -2.15. The van der Waals surface area contributed by atoms with Crippen molar-refractivity contribution in [1.29, 1.82) is 0 Å². The first-order valence-electron chi connectivity index (χ1n) is 5.78. The molecule has 6 heteroatoms. The molecule has 0 aliphatic carbocycles. The maximum absolute atomic E-state index is 13.0. The zero-order chi connectivity index (χ0) is 12.8. The number of halogens is 1. The molecule has 1 heterocycles. The number of phenols is 1. The summed E-state index contributed by atoms with van der Waals surface area (Å²) in [7, 11) is 0. The van der Waals surface area contributed by atoms with Gasteiger partial charge in [-0.3, -0.25) is 5.10 Å². The second-order valence-electron chi connectivity index (χ2n) is 3.99. The molecular weight excluding hydrogens is 235 g/mol. The van der Waals surface area contributed by atoms with Crippen molar-refractivity contribution >= 4 is 0 Å². The van der Waals surface area contributed by atoms with Crippen LogP contribution in [-0.2, 0) is 13.0 Å². The van der Waals surface area contributed by atoms with Gasteiger partial charge in [-0.25, -0.2) is 9.37 Å². The lowest BCUT2D eigenvalue weighted by atomic mass is 10.2. The van der Waals surface area contributed by atoms with Crippen LogP contribution in [0.15, 0.2) is 24.5 Å². The number of aromatic amines is 1. The van der Waals surface area contributed by atoms with E-state index in [1.807, 2.05) is 0 Å². The van der Waals surface area contributed by atoms with Crippen LogP contribution in [0, 0.1) is 5.82 Å². The Labute approximate surface area is 104 Å². The fraction of sp³-hybridized carbons (Fsp3) is 0.333. The van der Waals surface area contributed by atoms with Crippen molar-refractivity contribution in [3.8, 4) is 5.75 Å². The quantitative estimate of drug-likeness (QED) is 0.677. The van der Waals surface area contributed by atoms with E-state index in [0.29, 0.717) is 12.1 Å². The Kier molecular flexibility index (Phi) is 4.25. The van der Waals surface area contributed by atoms with Crippen LogP contribution in [0.3, 0.4) is 0 Å². The van der Waals surface area contributed by atoms with Gasteiger partial charge in [0.25, 0.3) is 0 Å². The van der Waals surface area contributed by atoms with Gasteiger partial charge in [-0.2, -0.15) is 5.10 Å². The maximum atomic E-state index is 13.0. The van der Waals surface area contributed by atoms with E-state index in [9.17, 15) is 9.50 Å². The molecule has 0 atom stereocenters. The SMILES string of the molecule is Oc1ccc(F)cc1CNCCCc1ncn[nH]1. The zero-order valence-electron chi connectivity index (χ0n) is 9.86. The molecule has 0 saturated heterocycles. The summed E-state index contributed by atoms with van der Waals surface area (Å²) < 4.78 is 13.0. The summed E-state index contributed by atoms with van der Waals surface area (Å²) in [6, 6.07) is 3.93. The Balaban J connectivity index is 1.70. The fourth-order valence-corrected chi connectivity index (χ4v) is 1.65. The molecule has 0 saturated carbocycles. The zero-order valence-corrected chi connectivity index (χ0v) is 9.86. The average Bonchev–Trinajstić information content (AvgIpc) is 2.86. The Morgan fingerprint density at radius 2 is 2.28 bits per heavy atom. The number of rotatable bonds is 6. The number of nitrogens with zero attached hydrogens (tertiary/aromatic N) is 2. The van der Waals surface area contributed by atoms with Crippen LogP contribution in [0.1, 0.15) is 17.8 Å². The molecule has 3 N–H and O–H groups in total. The van der Waals surface area contributed by atoms with E-state index in [-0.39, 0.29) is 11.6 Å². The van der Waals surface area contributed by atoms with E-state index in [4.69, 9.17) is 0 Å². The highest BCUT2D eigenvalue weighted by Crippen LogP contribution is 2.17. The normalized spacial score (nSPS) is 10.7. The van der Waals surface area contributed by atoms with Gasteiger partial charge < -0.3 is 10.4 Å². The Morgan fingerprint density at radius 1 is 1.39 bits per heavy atom. The minimum Gasteiger partial charge on any atom is -0.508 e. The minimum absolute atomic E-state index is 0.110. The molecule has 0 radical (unpaired) electrons. The lowest BCUT2D eigenvalue weighted by Gasteiger charge is -2.06. The fourth-order valence-electron chi connectivity index (χ4n) is 1.65. The molecule has 0 aliphatic heterocycles. The van der Waals surface area contributed by atoms with Crippen LogP contribution in [0.2, 0.25) is 0 Å². The number of hydrogen-bond donors (Lipinski definition) is 3. The number of hydrogen-bond acceptors (Lipinski definition) is 4. The van der Waals surface area contributed by atoms with E-state index in [1.54, 1.807) is 0 Å². The van der Waals surface area contributed by atoms with Gasteiger partial charge in [-0.15, -0.1) is 0 Å². The van der Waals surface area contributed by atoms with Crippen molar-refractivity contribution in [1.82, 2.24) is 20.5 Å². The molecule has 18 heavy (non-hydrogen) atoms. The predicted octanol–water partition coefficient (Wildman–Crippen LogP) is 1.37. The molecule has 1 aromatic carbocycles. The third-order valence-corrected chi connectivity index (χ3v) is 2.59. The predicted molar refractivity (Wildman–Crippen MR) is 64.5 cm³/mol. The summed E-state index contributed by atoms with van der Waals surface area (Å²) in [6.45, 7) is 1.21. The van der Waals surface area contributed by atoms with Crippen molar-refractivity contribution in [2.75, 3.05) is 6.54 Å². The van der Waals surface area contributed by atoms with E-state index < -0.39 is 0 Å². The van der Waals surface area contributed by atoms with Crippen molar-refractivity contribution in [2.45, 2.75) is 19.4 Å². The summed E-state index contributed by atoms with van der Waals surface area (Å²) in [5.74, 6) is 0.621. The maximum Gasteiger partial charge on any atom is 0.137 e. The van der Waals surface area contributed by atoms with E-state index in [1.165, 1.54) is 24.5 Å². The standard InChI is InChI=1S/C12H15FN4O/c13-10-3-4-11(18)9(6-10)7-14-5-1-2-12-15-8-16-17-12/h3-4,6,8,14,18H,1-2,5,7H2,(H,15,16,17). The summed E-state index contributed by atoms with van der Waals surface area (Å²) in [5, 5.41) is 19.2. The smallest absolute Gasteiger partial charge is 0.137 e. The Hall–Kier alpha value is -1.95. The molecule has 0 amide bonds. The molecule has 0 unspecified atom stereocenters. The summed E-state index contributed by atoms with van der Waals surface area (Å²) in [5.41, 5.74) is 0.565. The van der Waals surface area contributed by atoms with Crippen molar-refractivity contribution in [3.63, 3.8) is 0 Å². The van der Waals surface area contributed by atoms with Gasteiger partial charge in [0.15, 0.2) is 0 Å². The number of aromatic nitrogens is 3. The third kappa shape index (κ3) is 3.53. The number of nitrogens with one attached hydrogen (secondary N) is 2. The van der Waals surface area contributed by atoms with Gasteiger partial charge in [0.05, 0.1) is 0 Å². The number of H-pyrrole nitrogens is 1. The molecule has 5 nitrogen and oxygen atoms in total. The Morgan fingerprint density at radius 3 is 3.06 bits per heavy atom. The Bertz CT molecular complexity index is 487. The molecule has 0 fully saturated rings. The van der Waals surface area contributed by atoms with Gasteiger partial charge in [0.1, 0.15) is 23.7 Å². The summed E-state index contributed by atoms with van der Waals surface area (Å²) in [4.78, 5) is 4.01. The van der Waals surface area contributed by atoms with Gasteiger partial charge in [0.2, 0.25) is 0 Å². The molecule has 0 aliphatic rings. The van der Waals surface area contributed by atoms with Crippen LogP contribution in [0.4, 0.5) is 4.39 Å². The molecule has 1 aromatic heterocycles. The summed E-state index contributed by atoms with van der Waals surface area (Å²) >= 11 is 0. The first kappa shape index (κ1) is 12.5. The number of aromatic hydroxyl groups is 1. The largest absolute Gasteiger partial charge is 0.508 e. The third-order valence-electron chi connectivity index (χ3n) is 2.59. The van der Waals surface area contributed by atoms with E-state index >= 15 is 0 Å². The number of phenolic OH excluding ortho intramolecular Hbond substituents is 1. The topological polar surface area (TPSA) is 73.8 Å². The van der Waals surface area contributed by atoms with Crippen LogP contribution in [0.5, 0.6) is 5.75 Å². The average molecular weight is 250 g/mol. The monoisotopic (exact) mass is 250 g/mol. The lowest BCUT2D eigenvalue weighted by molar-refractivity contribution is 0.461. The van der Waals surface area contributed by atoms with Crippen LogP contribution >= 0.6 is 0 Å². The molecular formula is C12H15FN4O. The van der Waals surface area contributed by atoms with Gasteiger partial charge in [0, 0.05) is 18.5 Å². The molecule has 2 rings (SSSR count). The highest BCUT2D eigenvalue weighted by atomic mass is 19.1. The molecule has 96 valence electrons. The van der Waals surface area contributed by atoms with Gasteiger partial charge >= 0.3 is 0 Å². The molecule has 0 bridgehead atoms. The van der Waals surface area contributed by atoms with Crippen LogP contribution in [-0.4, -0.2) is 26.8 Å². The van der Waals surface area contributed by atoms with Gasteiger partial charge in [-0.05, 0) is 31.2 Å². The molecule has 2 aromatic rings. The van der Waals surface area contributed by atoms with Crippen molar-refractivity contribution < 1.29 is 9.50 Å². The number of benzene rings is 1. The first-order valence-corrected chi connectivity index (χ1v) is 5.78. The van der Waals surface area contributed by atoms with Crippen LogP contribution in [0.25, 0.3) is 0 Å². The first-order chi connectivity index (χ1) is 8.75. The summed E-state index contributed by atoms with van der Waals surface area (Å²) in [6.07, 6.45) is 3.18. The van der Waals surface area contributed by atoms with E-state index in [2.05, 4.69) is 20.5 Å².